The van der Waals surface area contributed by atoms with Crippen molar-refractivity contribution in [2.24, 2.45) is 11.8 Å². The minimum Gasteiger partial charge on any atom is -0.300 e. The normalized spacial score (nSPS) is 17.2. The number of hydrogen-bond donors (Lipinski definition) is 2. The second-order valence-corrected chi connectivity index (χ2v) is 11.5. The third-order valence-corrected chi connectivity index (χ3v) is 8.18. The predicted molar refractivity (Wildman–Crippen MR) is 146 cm³/mol. The van der Waals surface area contributed by atoms with Crippen LogP contribution in [0.4, 0.5) is 10.3 Å². The minimum atomic E-state index is -0.139. The van der Waals surface area contributed by atoms with Gasteiger partial charge in [0.2, 0.25) is 22.1 Å². The van der Waals surface area contributed by atoms with Gasteiger partial charge in [-0.05, 0) is 61.8 Å². The Kier molecular flexibility index (Phi) is 8.71. The smallest absolute Gasteiger partial charge is 0.232 e. The summed E-state index contributed by atoms with van der Waals surface area (Å²) in [7, 11) is 0. The third-order valence-electron chi connectivity index (χ3n) is 6.45. The van der Waals surface area contributed by atoms with Crippen LogP contribution in [0.5, 0.6) is 0 Å². The van der Waals surface area contributed by atoms with Crippen molar-refractivity contribution >= 4 is 44.8 Å². The summed E-state index contributed by atoms with van der Waals surface area (Å²) in [5.74, 6) is 0.846. The Bertz CT molecular complexity index is 1230. The molecule has 38 heavy (non-hydrogen) atoms. The fourth-order valence-corrected chi connectivity index (χ4v) is 6.31. The van der Waals surface area contributed by atoms with Crippen LogP contribution in [0.2, 0.25) is 0 Å². The molecule has 0 unspecified atom stereocenters. The van der Waals surface area contributed by atoms with Gasteiger partial charge in [0.15, 0.2) is 0 Å². The number of amides is 2. The lowest BCUT2D eigenvalue weighted by molar-refractivity contribution is -0.116. The predicted octanol–water partition coefficient (Wildman–Crippen LogP) is 4.13. The average molecular weight is 549 g/mol. The van der Waals surface area contributed by atoms with Crippen molar-refractivity contribution in [2.45, 2.75) is 51.4 Å². The van der Waals surface area contributed by atoms with Gasteiger partial charge in [-0.1, -0.05) is 34.8 Å². The second kappa shape index (κ2) is 12.7. The summed E-state index contributed by atoms with van der Waals surface area (Å²) >= 11 is 2.89. The molecule has 0 atom stereocenters. The molecule has 0 bridgehead atoms. The Morgan fingerprint density at radius 3 is 1.53 bits per heavy atom. The van der Waals surface area contributed by atoms with E-state index in [1.165, 1.54) is 22.7 Å². The molecule has 2 N–H and O–H groups in total. The molecular formula is C26H28N8O2S2. The van der Waals surface area contributed by atoms with Gasteiger partial charge in [-0.25, -0.2) is 0 Å². The summed E-state index contributed by atoms with van der Waals surface area (Å²) in [6, 6.07) is 11.0. The molecule has 0 radical (unpaired) electrons. The Balaban J connectivity index is 1.02. The number of nitrogens with one attached hydrogen (secondary N) is 2. The lowest BCUT2D eigenvalue weighted by Crippen LogP contribution is -2.18. The monoisotopic (exact) mass is 548 g/mol. The van der Waals surface area contributed by atoms with Crippen LogP contribution in [0.15, 0.2) is 48.8 Å². The maximum Gasteiger partial charge on any atom is 0.232 e. The minimum absolute atomic E-state index is 0.139. The van der Waals surface area contributed by atoms with E-state index >= 15 is 0 Å². The first-order valence-corrected chi connectivity index (χ1v) is 14.3. The van der Waals surface area contributed by atoms with E-state index in [1.807, 2.05) is 36.4 Å². The molecule has 2 amide bonds. The molecule has 10 nitrogen and oxygen atoms in total. The summed E-state index contributed by atoms with van der Waals surface area (Å²) in [5.41, 5.74) is 1.45. The van der Waals surface area contributed by atoms with Crippen LogP contribution in [0, 0.1) is 11.8 Å². The average Bonchev–Trinajstić information content (AvgIpc) is 3.55. The molecule has 4 heterocycles. The first-order chi connectivity index (χ1) is 18.6. The highest BCUT2D eigenvalue weighted by Crippen LogP contribution is 2.34. The molecule has 0 aliphatic heterocycles. The van der Waals surface area contributed by atoms with Crippen molar-refractivity contribution in [3.05, 3.63) is 70.2 Å². The van der Waals surface area contributed by atoms with Crippen LogP contribution in [-0.4, -0.2) is 42.2 Å². The molecule has 5 rings (SSSR count). The fourth-order valence-electron chi connectivity index (χ4n) is 4.57. The Morgan fingerprint density at radius 1 is 0.684 bits per heavy atom. The van der Waals surface area contributed by atoms with Crippen molar-refractivity contribution in [2.75, 3.05) is 10.6 Å². The van der Waals surface area contributed by atoms with Crippen molar-refractivity contribution in [1.29, 1.82) is 0 Å². The number of hydrogen-bond acceptors (Lipinski definition) is 10. The molecule has 12 heteroatoms. The highest BCUT2D eigenvalue weighted by atomic mass is 32.1. The van der Waals surface area contributed by atoms with Gasteiger partial charge >= 0.3 is 0 Å². The second-order valence-electron chi connectivity index (χ2n) is 9.39. The van der Waals surface area contributed by atoms with Gasteiger partial charge in [0.25, 0.3) is 0 Å². The van der Waals surface area contributed by atoms with Gasteiger partial charge in [-0.15, -0.1) is 20.4 Å². The lowest BCUT2D eigenvalue weighted by atomic mass is 9.79. The van der Waals surface area contributed by atoms with Crippen molar-refractivity contribution in [1.82, 2.24) is 30.4 Å². The Morgan fingerprint density at radius 2 is 1.13 bits per heavy atom. The van der Waals surface area contributed by atoms with Gasteiger partial charge < -0.3 is 10.6 Å². The highest BCUT2D eigenvalue weighted by molar-refractivity contribution is 7.15. The van der Waals surface area contributed by atoms with Crippen LogP contribution < -0.4 is 10.6 Å². The molecule has 0 aromatic carbocycles. The van der Waals surface area contributed by atoms with E-state index in [0.29, 0.717) is 22.1 Å². The maximum absolute atomic E-state index is 12.3. The lowest BCUT2D eigenvalue weighted by Gasteiger charge is -2.27. The van der Waals surface area contributed by atoms with E-state index in [4.69, 9.17) is 0 Å². The molecular weight excluding hydrogens is 520 g/mol. The number of nitrogens with zero attached hydrogens (tertiary/aromatic N) is 6. The van der Waals surface area contributed by atoms with E-state index in [1.54, 1.807) is 12.4 Å². The number of carbonyl (C=O) groups excluding carboxylic acids is 2. The van der Waals surface area contributed by atoms with Crippen molar-refractivity contribution < 1.29 is 9.59 Å². The fraction of sp³-hybridized carbons (Fsp3) is 0.385. The van der Waals surface area contributed by atoms with Crippen LogP contribution in [0.25, 0.3) is 0 Å². The van der Waals surface area contributed by atoms with E-state index in [-0.39, 0.29) is 24.7 Å². The number of pyridine rings is 2. The van der Waals surface area contributed by atoms with E-state index in [2.05, 4.69) is 41.0 Å². The van der Waals surface area contributed by atoms with Crippen molar-refractivity contribution in [3.8, 4) is 0 Å². The molecule has 1 aliphatic rings. The number of aromatic nitrogens is 6. The molecule has 0 saturated heterocycles. The third kappa shape index (κ3) is 7.68. The van der Waals surface area contributed by atoms with Gasteiger partial charge in [0, 0.05) is 36.6 Å². The zero-order chi connectivity index (χ0) is 26.2. The van der Waals surface area contributed by atoms with Gasteiger partial charge in [0.05, 0.1) is 12.8 Å². The zero-order valence-corrected chi connectivity index (χ0v) is 22.4. The summed E-state index contributed by atoms with van der Waals surface area (Å²) in [6.45, 7) is 0. The summed E-state index contributed by atoms with van der Waals surface area (Å²) in [4.78, 5) is 32.9. The SMILES string of the molecule is O=C(Cc1ccccn1)Nc1nnc(C[C@H]2CC[C@H](Cc3nnc(NC(=O)Cc4ccccn4)s3)CC2)s1. The van der Waals surface area contributed by atoms with Gasteiger partial charge in [0.1, 0.15) is 10.0 Å². The molecule has 1 saturated carbocycles. The van der Waals surface area contributed by atoms with Gasteiger partial charge in [-0.2, -0.15) is 0 Å². The number of carbonyl (C=O) groups is 2. The van der Waals surface area contributed by atoms with E-state index < -0.39 is 0 Å². The molecule has 0 spiro atoms. The standard InChI is InChI=1S/C26H28N8O2S2/c35-21(15-19-5-1-3-11-27-19)29-25-33-31-23(37-25)13-17-7-9-18(10-8-17)14-24-32-34-26(38-24)30-22(36)16-20-6-2-4-12-28-20/h1-6,11-12,17-18H,7-10,13-16H2,(H,29,33,35)(H,30,34,36)/t17-,18-. The van der Waals surface area contributed by atoms with E-state index in [9.17, 15) is 9.59 Å². The molecule has 1 fully saturated rings. The first kappa shape index (κ1) is 26.0. The summed E-state index contributed by atoms with van der Waals surface area (Å²) in [6.07, 6.45) is 10.0. The van der Waals surface area contributed by atoms with Crippen LogP contribution in [-0.2, 0) is 35.3 Å². The quantitative estimate of drug-likeness (QED) is 0.302. The topological polar surface area (TPSA) is 136 Å². The Hall–Kier alpha value is -3.64. The highest BCUT2D eigenvalue weighted by Gasteiger charge is 2.24. The summed E-state index contributed by atoms with van der Waals surface area (Å²) < 4.78 is 0. The molecule has 196 valence electrons. The maximum atomic E-state index is 12.3. The number of rotatable bonds is 10. The largest absolute Gasteiger partial charge is 0.300 e. The molecule has 1 aliphatic carbocycles. The Labute approximate surface area is 228 Å². The molecule has 4 aromatic heterocycles. The number of anilines is 2. The van der Waals surface area contributed by atoms with E-state index in [0.717, 1.165) is 59.9 Å². The van der Waals surface area contributed by atoms with Crippen molar-refractivity contribution in [3.63, 3.8) is 0 Å². The summed E-state index contributed by atoms with van der Waals surface area (Å²) in [5, 5.41) is 25.5. The van der Waals surface area contributed by atoms with Crippen LogP contribution in [0.1, 0.15) is 47.1 Å². The zero-order valence-electron chi connectivity index (χ0n) is 20.7. The van der Waals surface area contributed by atoms with Crippen LogP contribution >= 0.6 is 22.7 Å². The molecule has 4 aromatic rings. The van der Waals surface area contributed by atoms with Crippen LogP contribution in [0.3, 0.4) is 0 Å². The first-order valence-electron chi connectivity index (χ1n) is 12.6. The van der Waals surface area contributed by atoms with Gasteiger partial charge in [-0.3, -0.25) is 19.6 Å².